The largest absolute Gasteiger partial charge is 0.305 e. The lowest BCUT2D eigenvalue weighted by atomic mass is 10.1. The summed E-state index contributed by atoms with van der Waals surface area (Å²) in [7, 11) is 0. The summed E-state index contributed by atoms with van der Waals surface area (Å²) in [5, 5.41) is 8.02. The van der Waals surface area contributed by atoms with Gasteiger partial charge in [-0.2, -0.15) is 5.10 Å². The van der Waals surface area contributed by atoms with Crippen LogP contribution in [-0.4, -0.2) is 9.78 Å². The molecule has 0 aliphatic rings. The summed E-state index contributed by atoms with van der Waals surface area (Å²) < 4.78 is 16.4. The van der Waals surface area contributed by atoms with E-state index in [0.717, 1.165) is 34.4 Å². The van der Waals surface area contributed by atoms with E-state index in [-0.39, 0.29) is 11.9 Å². The van der Waals surface area contributed by atoms with E-state index >= 15 is 0 Å². The van der Waals surface area contributed by atoms with Crippen LogP contribution in [0.3, 0.4) is 0 Å². The lowest BCUT2D eigenvalue weighted by Crippen LogP contribution is -2.20. The van der Waals surface area contributed by atoms with E-state index in [9.17, 15) is 4.39 Å². The number of benzene rings is 1. The van der Waals surface area contributed by atoms with E-state index in [1.807, 2.05) is 17.7 Å². The van der Waals surface area contributed by atoms with Gasteiger partial charge in [0, 0.05) is 19.1 Å². The topological polar surface area (TPSA) is 29.9 Å². The first-order valence-electron chi connectivity index (χ1n) is 7.29. The van der Waals surface area contributed by atoms with Crippen molar-refractivity contribution in [2.24, 2.45) is 0 Å². The molecule has 1 aromatic carbocycles. The van der Waals surface area contributed by atoms with E-state index in [1.165, 1.54) is 6.07 Å². The molecule has 1 heterocycles. The molecule has 0 radical (unpaired) electrons. The second-order valence-corrected chi connectivity index (χ2v) is 5.83. The summed E-state index contributed by atoms with van der Waals surface area (Å²) in [6.45, 7) is 7.75. The number of aryl methyl sites for hydroxylation is 2. The quantitative estimate of drug-likeness (QED) is 0.842. The third-order valence-electron chi connectivity index (χ3n) is 3.62. The molecule has 0 saturated carbocycles. The summed E-state index contributed by atoms with van der Waals surface area (Å²) in [5.74, 6) is -0.200. The minimum Gasteiger partial charge on any atom is -0.305 e. The standard InChI is InChI=1S/C16H21BrFN3/c1-4-14-16(17)15(21(5-2)20-14)10-19-11(3)12-7-6-8-13(18)9-12/h6-9,11,19H,4-5,10H2,1-3H3/t11-/m1/s1. The van der Waals surface area contributed by atoms with E-state index in [1.54, 1.807) is 12.1 Å². The molecule has 0 amide bonds. The second kappa shape index (κ2) is 7.18. The van der Waals surface area contributed by atoms with Crippen molar-refractivity contribution >= 4 is 15.9 Å². The zero-order valence-electron chi connectivity index (χ0n) is 12.7. The SMILES string of the molecule is CCc1nn(CC)c(CN[C@H](C)c2cccc(F)c2)c1Br. The summed E-state index contributed by atoms with van der Waals surface area (Å²) in [6.07, 6.45) is 0.903. The Morgan fingerprint density at radius 2 is 2.14 bits per heavy atom. The minimum absolute atomic E-state index is 0.0814. The van der Waals surface area contributed by atoms with E-state index in [2.05, 4.69) is 40.2 Å². The van der Waals surface area contributed by atoms with Gasteiger partial charge in [-0.3, -0.25) is 4.68 Å². The van der Waals surface area contributed by atoms with Crippen molar-refractivity contribution in [3.05, 3.63) is 51.5 Å². The fraction of sp³-hybridized carbons (Fsp3) is 0.438. The van der Waals surface area contributed by atoms with Gasteiger partial charge in [-0.1, -0.05) is 19.1 Å². The molecule has 0 bridgehead atoms. The Bertz CT molecular complexity index is 610. The van der Waals surface area contributed by atoms with Crippen molar-refractivity contribution in [1.82, 2.24) is 15.1 Å². The highest BCUT2D eigenvalue weighted by molar-refractivity contribution is 9.10. The molecule has 0 unspecified atom stereocenters. The number of nitrogens with one attached hydrogen (secondary N) is 1. The first-order chi connectivity index (χ1) is 10.1. The van der Waals surface area contributed by atoms with Crippen LogP contribution in [0.5, 0.6) is 0 Å². The van der Waals surface area contributed by atoms with Gasteiger partial charge >= 0.3 is 0 Å². The van der Waals surface area contributed by atoms with Gasteiger partial charge in [-0.25, -0.2) is 4.39 Å². The van der Waals surface area contributed by atoms with E-state index in [0.29, 0.717) is 6.54 Å². The highest BCUT2D eigenvalue weighted by Gasteiger charge is 2.15. The maximum atomic E-state index is 13.3. The minimum atomic E-state index is -0.200. The molecule has 114 valence electrons. The van der Waals surface area contributed by atoms with Crippen LogP contribution in [0.4, 0.5) is 4.39 Å². The molecule has 0 spiro atoms. The summed E-state index contributed by atoms with van der Waals surface area (Å²) >= 11 is 3.64. The van der Waals surface area contributed by atoms with Crippen LogP contribution in [0.15, 0.2) is 28.7 Å². The van der Waals surface area contributed by atoms with Crippen LogP contribution in [0.1, 0.15) is 43.8 Å². The van der Waals surface area contributed by atoms with Crippen LogP contribution in [0.2, 0.25) is 0 Å². The van der Waals surface area contributed by atoms with Crippen LogP contribution < -0.4 is 5.32 Å². The monoisotopic (exact) mass is 353 g/mol. The molecular weight excluding hydrogens is 333 g/mol. The highest BCUT2D eigenvalue weighted by atomic mass is 79.9. The Hall–Kier alpha value is -1.20. The first kappa shape index (κ1) is 16.2. The van der Waals surface area contributed by atoms with Crippen LogP contribution in [0, 0.1) is 5.82 Å². The number of hydrogen-bond acceptors (Lipinski definition) is 2. The summed E-state index contributed by atoms with van der Waals surface area (Å²) in [5.41, 5.74) is 3.16. The van der Waals surface area contributed by atoms with E-state index in [4.69, 9.17) is 0 Å². The molecule has 2 aromatic rings. The van der Waals surface area contributed by atoms with Crippen molar-refractivity contribution < 1.29 is 4.39 Å². The first-order valence-corrected chi connectivity index (χ1v) is 8.09. The Morgan fingerprint density at radius 1 is 1.38 bits per heavy atom. The second-order valence-electron chi connectivity index (χ2n) is 5.03. The van der Waals surface area contributed by atoms with Crippen LogP contribution in [-0.2, 0) is 19.5 Å². The smallest absolute Gasteiger partial charge is 0.123 e. The number of halogens is 2. The van der Waals surface area contributed by atoms with Crippen molar-refractivity contribution in [2.75, 3.05) is 0 Å². The molecule has 0 saturated heterocycles. The lowest BCUT2D eigenvalue weighted by molar-refractivity contribution is 0.526. The average molecular weight is 354 g/mol. The van der Waals surface area contributed by atoms with Crippen molar-refractivity contribution in [2.45, 2.75) is 46.3 Å². The lowest BCUT2D eigenvalue weighted by Gasteiger charge is -2.15. The fourth-order valence-corrected chi connectivity index (χ4v) is 3.03. The zero-order chi connectivity index (χ0) is 15.4. The fourth-order valence-electron chi connectivity index (χ4n) is 2.33. The molecule has 0 aliphatic heterocycles. The number of aromatic nitrogens is 2. The molecule has 1 aromatic heterocycles. The van der Waals surface area contributed by atoms with Gasteiger partial charge in [0.2, 0.25) is 0 Å². The Kier molecular flexibility index (Phi) is 5.53. The van der Waals surface area contributed by atoms with E-state index < -0.39 is 0 Å². The molecule has 3 nitrogen and oxygen atoms in total. The van der Waals surface area contributed by atoms with Crippen molar-refractivity contribution in [3.63, 3.8) is 0 Å². The van der Waals surface area contributed by atoms with Gasteiger partial charge in [0.05, 0.1) is 15.9 Å². The Labute approximate surface area is 133 Å². The zero-order valence-corrected chi connectivity index (χ0v) is 14.2. The van der Waals surface area contributed by atoms with Crippen LogP contribution >= 0.6 is 15.9 Å². The average Bonchev–Trinajstić information content (AvgIpc) is 2.80. The predicted octanol–water partition coefficient (Wildman–Crippen LogP) is 4.22. The Morgan fingerprint density at radius 3 is 2.76 bits per heavy atom. The van der Waals surface area contributed by atoms with Crippen molar-refractivity contribution in [3.8, 4) is 0 Å². The third-order valence-corrected chi connectivity index (χ3v) is 4.53. The van der Waals surface area contributed by atoms with Gasteiger partial charge in [0.1, 0.15) is 5.82 Å². The maximum absolute atomic E-state index is 13.3. The molecule has 1 atom stereocenters. The molecule has 5 heteroatoms. The maximum Gasteiger partial charge on any atom is 0.123 e. The number of hydrogen-bond donors (Lipinski definition) is 1. The molecule has 21 heavy (non-hydrogen) atoms. The normalized spacial score (nSPS) is 12.6. The van der Waals surface area contributed by atoms with Crippen LogP contribution in [0.25, 0.3) is 0 Å². The van der Waals surface area contributed by atoms with Gasteiger partial charge in [-0.05, 0) is 53.9 Å². The highest BCUT2D eigenvalue weighted by Crippen LogP contribution is 2.23. The van der Waals surface area contributed by atoms with Gasteiger partial charge in [0.25, 0.3) is 0 Å². The predicted molar refractivity (Wildman–Crippen MR) is 86.6 cm³/mol. The summed E-state index contributed by atoms with van der Waals surface area (Å²) in [4.78, 5) is 0. The number of nitrogens with zero attached hydrogens (tertiary/aromatic N) is 2. The molecule has 1 N–H and O–H groups in total. The van der Waals surface area contributed by atoms with Gasteiger partial charge in [0.15, 0.2) is 0 Å². The molecular formula is C16H21BrFN3. The molecule has 2 rings (SSSR count). The van der Waals surface area contributed by atoms with Gasteiger partial charge < -0.3 is 5.32 Å². The third kappa shape index (κ3) is 3.71. The number of rotatable bonds is 6. The molecule has 0 fully saturated rings. The Balaban J connectivity index is 2.11. The molecule has 0 aliphatic carbocycles. The van der Waals surface area contributed by atoms with Gasteiger partial charge in [-0.15, -0.1) is 0 Å². The van der Waals surface area contributed by atoms with Crippen molar-refractivity contribution in [1.29, 1.82) is 0 Å². The summed E-state index contributed by atoms with van der Waals surface area (Å²) in [6, 6.07) is 6.79.